The Hall–Kier alpha value is -0.570. The Morgan fingerprint density at radius 2 is 2.17 bits per heavy atom. The molecule has 2 atom stereocenters. The van der Waals surface area contributed by atoms with Crippen LogP contribution in [0.5, 0.6) is 0 Å². The Bertz CT molecular complexity index is 413. The van der Waals surface area contributed by atoms with Crippen LogP contribution in [-0.2, 0) is 4.74 Å². The van der Waals surface area contributed by atoms with E-state index < -0.39 is 0 Å². The summed E-state index contributed by atoms with van der Waals surface area (Å²) in [5, 5.41) is 0.822. The first-order chi connectivity index (χ1) is 8.58. The summed E-state index contributed by atoms with van der Waals surface area (Å²) < 4.78 is 5.64. The fraction of sp³-hybridized carbons (Fsp3) is 0.600. The lowest BCUT2D eigenvalue weighted by Gasteiger charge is -2.18. The molecule has 0 saturated carbocycles. The SMILES string of the molecule is Cc1cc(C(N)CCC2CCCO2)c(C)cc1Cl. The number of aryl methyl sites for hydroxylation is 2. The predicted octanol–water partition coefficient (Wildman–Crippen LogP) is 3.92. The van der Waals surface area contributed by atoms with Gasteiger partial charge in [0.25, 0.3) is 0 Å². The zero-order chi connectivity index (χ0) is 13.1. The Morgan fingerprint density at radius 1 is 1.39 bits per heavy atom. The number of hydrogen-bond acceptors (Lipinski definition) is 2. The van der Waals surface area contributed by atoms with Gasteiger partial charge < -0.3 is 10.5 Å². The van der Waals surface area contributed by atoms with Crippen LogP contribution in [0.15, 0.2) is 12.1 Å². The largest absolute Gasteiger partial charge is 0.378 e. The zero-order valence-electron chi connectivity index (χ0n) is 11.2. The standard InChI is InChI=1S/C15H22ClNO/c1-10-9-14(16)11(2)8-13(10)15(17)6-5-12-4-3-7-18-12/h8-9,12,15H,3-7,17H2,1-2H3. The summed E-state index contributed by atoms with van der Waals surface area (Å²) in [4.78, 5) is 0. The molecule has 1 heterocycles. The summed E-state index contributed by atoms with van der Waals surface area (Å²) in [6.45, 7) is 5.02. The maximum absolute atomic E-state index is 6.29. The third kappa shape index (κ3) is 3.25. The fourth-order valence-electron chi connectivity index (χ4n) is 2.60. The van der Waals surface area contributed by atoms with E-state index in [1.54, 1.807) is 0 Å². The molecule has 0 amide bonds. The monoisotopic (exact) mass is 267 g/mol. The van der Waals surface area contributed by atoms with Gasteiger partial charge in [0.15, 0.2) is 0 Å². The van der Waals surface area contributed by atoms with Crippen molar-refractivity contribution in [1.82, 2.24) is 0 Å². The molecule has 1 aromatic rings. The van der Waals surface area contributed by atoms with Gasteiger partial charge in [-0.25, -0.2) is 0 Å². The minimum absolute atomic E-state index is 0.0881. The average Bonchev–Trinajstić information content (AvgIpc) is 2.84. The minimum Gasteiger partial charge on any atom is -0.378 e. The minimum atomic E-state index is 0.0881. The van der Waals surface area contributed by atoms with Crippen molar-refractivity contribution in [2.24, 2.45) is 5.73 Å². The summed E-state index contributed by atoms with van der Waals surface area (Å²) >= 11 is 6.11. The Morgan fingerprint density at radius 3 is 2.83 bits per heavy atom. The number of rotatable bonds is 4. The number of ether oxygens (including phenoxy) is 1. The van der Waals surface area contributed by atoms with Gasteiger partial charge in [0.1, 0.15) is 0 Å². The van der Waals surface area contributed by atoms with E-state index in [1.807, 2.05) is 13.0 Å². The van der Waals surface area contributed by atoms with Crippen molar-refractivity contribution < 1.29 is 4.74 Å². The number of halogens is 1. The number of nitrogens with two attached hydrogens (primary N) is 1. The Labute approximate surface area is 114 Å². The predicted molar refractivity (Wildman–Crippen MR) is 76.1 cm³/mol. The Balaban J connectivity index is 1.99. The van der Waals surface area contributed by atoms with E-state index >= 15 is 0 Å². The number of hydrogen-bond donors (Lipinski definition) is 1. The fourth-order valence-corrected chi connectivity index (χ4v) is 2.81. The maximum Gasteiger partial charge on any atom is 0.0576 e. The quantitative estimate of drug-likeness (QED) is 0.898. The molecule has 0 spiro atoms. The Kier molecular flexibility index (Phi) is 4.66. The van der Waals surface area contributed by atoms with Gasteiger partial charge >= 0.3 is 0 Å². The second-order valence-corrected chi connectivity index (χ2v) is 5.68. The first-order valence-corrected chi connectivity index (χ1v) is 7.09. The molecule has 100 valence electrons. The van der Waals surface area contributed by atoms with Crippen LogP contribution in [0.4, 0.5) is 0 Å². The average molecular weight is 268 g/mol. The second-order valence-electron chi connectivity index (χ2n) is 5.28. The lowest BCUT2D eigenvalue weighted by atomic mass is 9.95. The summed E-state index contributed by atoms with van der Waals surface area (Å²) in [5.41, 5.74) is 9.80. The highest BCUT2D eigenvalue weighted by atomic mass is 35.5. The van der Waals surface area contributed by atoms with Gasteiger partial charge in [-0.2, -0.15) is 0 Å². The van der Waals surface area contributed by atoms with Gasteiger partial charge in [-0.1, -0.05) is 17.7 Å². The van der Waals surface area contributed by atoms with Crippen molar-refractivity contribution in [2.75, 3.05) is 6.61 Å². The van der Waals surface area contributed by atoms with Crippen LogP contribution in [-0.4, -0.2) is 12.7 Å². The zero-order valence-corrected chi connectivity index (χ0v) is 12.0. The molecule has 0 bridgehead atoms. The highest BCUT2D eigenvalue weighted by Gasteiger charge is 2.18. The van der Waals surface area contributed by atoms with E-state index in [4.69, 9.17) is 22.1 Å². The van der Waals surface area contributed by atoms with E-state index in [0.717, 1.165) is 30.0 Å². The molecule has 3 heteroatoms. The normalized spacial score (nSPS) is 21.2. The second kappa shape index (κ2) is 6.05. The molecule has 2 rings (SSSR count). The summed E-state index contributed by atoms with van der Waals surface area (Å²) in [6.07, 6.45) is 4.84. The van der Waals surface area contributed by atoms with E-state index in [-0.39, 0.29) is 6.04 Å². The molecule has 1 fully saturated rings. The molecular formula is C15H22ClNO. The van der Waals surface area contributed by atoms with E-state index in [0.29, 0.717) is 6.10 Å². The van der Waals surface area contributed by atoms with Gasteiger partial charge in [-0.05, 0) is 62.3 Å². The lowest BCUT2D eigenvalue weighted by molar-refractivity contribution is 0.101. The molecule has 1 aromatic carbocycles. The van der Waals surface area contributed by atoms with Gasteiger partial charge in [0, 0.05) is 17.7 Å². The highest BCUT2D eigenvalue weighted by Crippen LogP contribution is 2.28. The topological polar surface area (TPSA) is 35.2 Å². The van der Waals surface area contributed by atoms with Crippen LogP contribution >= 0.6 is 11.6 Å². The van der Waals surface area contributed by atoms with Crippen molar-refractivity contribution in [1.29, 1.82) is 0 Å². The third-order valence-electron chi connectivity index (χ3n) is 3.77. The molecule has 2 N–H and O–H groups in total. The molecule has 1 aliphatic heterocycles. The van der Waals surface area contributed by atoms with Crippen LogP contribution in [0.1, 0.15) is 48.4 Å². The van der Waals surface area contributed by atoms with Crippen LogP contribution in [0.2, 0.25) is 5.02 Å². The molecule has 0 aromatic heterocycles. The van der Waals surface area contributed by atoms with Crippen LogP contribution in [0, 0.1) is 13.8 Å². The lowest BCUT2D eigenvalue weighted by Crippen LogP contribution is -2.15. The van der Waals surface area contributed by atoms with Crippen molar-refractivity contribution in [3.63, 3.8) is 0 Å². The van der Waals surface area contributed by atoms with Crippen molar-refractivity contribution >= 4 is 11.6 Å². The van der Waals surface area contributed by atoms with Gasteiger partial charge in [-0.3, -0.25) is 0 Å². The van der Waals surface area contributed by atoms with Crippen molar-refractivity contribution in [2.45, 2.75) is 51.7 Å². The van der Waals surface area contributed by atoms with Crippen LogP contribution in [0.25, 0.3) is 0 Å². The molecule has 1 saturated heterocycles. The molecular weight excluding hydrogens is 246 g/mol. The molecule has 2 unspecified atom stereocenters. The first kappa shape index (κ1) is 13.9. The molecule has 1 aliphatic rings. The summed E-state index contributed by atoms with van der Waals surface area (Å²) in [7, 11) is 0. The summed E-state index contributed by atoms with van der Waals surface area (Å²) in [5.74, 6) is 0. The van der Waals surface area contributed by atoms with Crippen molar-refractivity contribution in [3.8, 4) is 0 Å². The molecule has 2 nitrogen and oxygen atoms in total. The van der Waals surface area contributed by atoms with Crippen LogP contribution < -0.4 is 5.73 Å². The molecule has 0 radical (unpaired) electrons. The van der Waals surface area contributed by atoms with E-state index in [2.05, 4.69) is 13.0 Å². The van der Waals surface area contributed by atoms with E-state index in [9.17, 15) is 0 Å². The smallest absolute Gasteiger partial charge is 0.0576 e. The molecule has 0 aliphatic carbocycles. The summed E-state index contributed by atoms with van der Waals surface area (Å²) in [6, 6.07) is 4.22. The van der Waals surface area contributed by atoms with Crippen molar-refractivity contribution in [3.05, 3.63) is 33.8 Å². The molecule has 18 heavy (non-hydrogen) atoms. The van der Waals surface area contributed by atoms with Gasteiger partial charge in [0.2, 0.25) is 0 Å². The maximum atomic E-state index is 6.29. The van der Waals surface area contributed by atoms with Gasteiger partial charge in [-0.15, -0.1) is 0 Å². The van der Waals surface area contributed by atoms with Crippen LogP contribution in [0.3, 0.4) is 0 Å². The van der Waals surface area contributed by atoms with Gasteiger partial charge in [0.05, 0.1) is 6.10 Å². The first-order valence-electron chi connectivity index (χ1n) is 6.71. The highest BCUT2D eigenvalue weighted by molar-refractivity contribution is 6.31. The number of benzene rings is 1. The van der Waals surface area contributed by atoms with E-state index in [1.165, 1.54) is 24.0 Å². The third-order valence-corrected chi connectivity index (χ3v) is 4.18.